The first-order valence-electron chi connectivity index (χ1n) is 9.32. The van der Waals surface area contributed by atoms with Crippen LogP contribution in [0.3, 0.4) is 0 Å². The van der Waals surface area contributed by atoms with Gasteiger partial charge in [0.15, 0.2) is 0 Å². The molecule has 4 rings (SSSR count). The van der Waals surface area contributed by atoms with Crippen molar-refractivity contribution in [2.45, 2.75) is 31.7 Å². The first kappa shape index (κ1) is 17.3. The van der Waals surface area contributed by atoms with Crippen molar-refractivity contribution in [2.75, 3.05) is 19.6 Å². The lowest BCUT2D eigenvalue weighted by atomic mass is 9.89. The summed E-state index contributed by atoms with van der Waals surface area (Å²) in [6, 6.07) is 12.7. The Kier molecular flexibility index (Phi) is 5.09. The molecule has 0 saturated carbocycles. The first-order chi connectivity index (χ1) is 12.7. The SMILES string of the molecule is CC(NC(=O)CN1CCC(c2c[nH]c3ccccc23)CC1)c1cccs1. The number of nitrogens with zero attached hydrogens (tertiary/aromatic N) is 1. The number of carbonyl (C=O) groups is 1. The lowest BCUT2D eigenvalue weighted by Gasteiger charge is -2.31. The quantitative estimate of drug-likeness (QED) is 0.707. The van der Waals surface area contributed by atoms with Gasteiger partial charge >= 0.3 is 0 Å². The number of nitrogens with one attached hydrogen (secondary N) is 2. The van der Waals surface area contributed by atoms with Crippen LogP contribution in [0.15, 0.2) is 48.0 Å². The predicted molar refractivity (Wildman–Crippen MR) is 108 cm³/mol. The number of aromatic amines is 1. The van der Waals surface area contributed by atoms with E-state index in [1.54, 1.807) is 11.3 Å². The maximum atomic E-state index is 12.3. The number of hydrogen-bond donors (Lipinski definition) is 2. The minimum Gasteiger partial charge on any atom is -0.361 e. The molecule has 136 valence electrons. The highest BCUT2D eigenvalue weighted by atomic mass is 32.1. The molecule has 1 atom stereocenters. The number of piperidine rings is 1. The van der Waals surface area contributed by atoms with Crippen LogP contribution < -0.4 is 5.32 Å². The highest BCUT2D eigenvalue weighted by Crippen LogP contribution is 2.33. The molecule has 2 N–H and O–H groups in total. The molecule has 3 aromatic rings. The van der Waals surface area contributed by atoms with Crippen molar-refractivity contribution in [3.05, 3.63) is 58.4 Å². The van der Waals surface area contributed by atoms with E-state index in [9.17, 15) is 4.79 Å². The molecule has 4 nitrogen and oxygen atoms in total. The van der Waals surface area contributed by atoms with Gasteiger partial charge in [0, 0.05) is 22.0 Å². The molecule has 0 radical (unpaired) electrons. The number of thiophene rings is 1. The largest absolute Gasteiger partial charge is 0.361 e. The number of benzene rings is 1. The molecule has 1 aromatic carbocycles. The average molecular weight is 368 g/mol. The zero-order chi connectivity index (χ0) is 17.9. The molecule has 1 saturated heterocycles. The van der Waals surface area contributed by atoms with E-state index in [-0.39, 0.29) is 11.9 Å². The number of amides is 1. The van der Waals surface area contributed by atoms with Crippen molar-refractivity contribution in [2.24, 2.45) is 0 Å². The maximum Gasteiger partial charge on any atom is 0.234 e. The number of aromatic nitrogens is 1. The van der Waals surface area contributed by atoms with Gasteiger partial charge in [-0.3, -0.25) is 9.69 Å². The molecule has 1 amide bonds. The number of rotatable bonds is 5. The zero-order valence-corrected chi connectivity index (χ0v) is 15.9. The number of likely N-dealkylation sites (tertiary alicyclic amines) is 1. The third kappa shape index (κ3) is 3.69. The van der Waals surface area contributed by atoms with Crippen LogP contribution in [0.2, 0.25) is 0 Å². The summed E-state index contributed by atoms with van der Waals surface area (Å²) in [5.74, 6) is 0.701. The Bertz CT molecular complexity index is 862. The van der Waals surface area contributed by atoms with Crippen LogP contribution in [-0.4, -0.2) is 35.4 Å². The van der Waals surface area contributed by atoms with Gasteiger partial charge in [0.1, 0.15) is 0 Å². The molecule has 1 fully saturated rings. The topological polar surface area (TPSA) is 48.1 Å². The van der Waals surface area contributed by atoms with Crippen LogP contribution >= 0.6 is 11.3 Å². The number of para-hydroxylation sites is 1. The minimum absolute atomic E-state index is 0.0891. The van der Waals surface area contributed by atoms with Gasteiger partial charge < -0.3 is 10.3 Å². The van der Waals surface area contributed by atoms with E-state index >= 15 is 0 Å². The zero-order valence-electron chi connectivity index (χ0n) is 15.1. The van der Waals surface area contributed by atoms with E-state index in [1.807, 2.05) is 18.4 Å². The summed E-state index contributed by atoms with van der Waals surface area (Å²) in [7, 11) is 0. The Balaban J connectivity index is 1.30. The summed E-state index contributed by atoms with van der Waals surface area (Å²) in [4.78, 5) is 19.2. The summed E-state index contributed by atoms with van der Waals surface area (Å²) >= 11 is 1.69. The summed E-state index contributed by atoms with van der Waals surface area (Å²) in [6.07, 6.45) is 4.38. The summed E-state index contributed by atoms with van der Waals surface area (Å²) < 4.78 is 0. The van der Waals surface area contributed by atoms with Crippen LogP contribution in [0.25, 0.3) is 10.9 Å². The van der Waals surface area contributed by atoms with Crippen LogP contribution in [-0.2, 0) is 4.79 Å². The average Bonchev–Trinajstić information content (AvgIpc) is 3.32. The second kappa shape index (κ2) is 7.64. The molecule has 26 heavy (non-hydrogen) atoms. The van der Waals surface area contributed by atoms with Gasteiger partial charge in [-0.2, -0.15) is 0 Å². The number of fused-ring (bicyclic) bond motifs is 1. The number of carbonyl (C=O) groups excluding carboxylic acids is 1. The van der Waals surface area contributed by atoms with Gasteiger partial charge in [-0.25, -0.2) is 0 Å². The molecule has 1 aliphatic heterocycles. The normalized spacial score (nSPS) is 17.4. The molecular formula is C21H25N3OS. The van der Waals surface area contributed by atoms with Crippen LogP contribution in [0.5, 0.6) is 0 Å². The van der Waals surface area contributed by atoms with E-state index < -0.39 is 0 Å². The fourth-order valence-corrected chi connectivity index (χ4v) is 4.67. The summed E-state index contributed by atoms with van der Waals surface area (Å²) in [6.45, 7) is 4.50. The Morgan fingerprint density at radius 3 is 2.85 bits per heavy atom. The highest BCUT2D eigenvalue weighted by Gasteiger charge is 2.24. The maximum absolute atomic E-state index is 12.3. The van der Waals surface area contributed by atoms with Crippen LogP contribution in [0, 0.1) is 0 Å². The Morgan fingerprint density at radius 2 is 2.08 bits per heavy atom. The summed E-state index contributed by atoms with van der Waals surface area (Å²) in [5, 5.41) is 6.51. The Labute approximate surface area is 158 Å². The van der Waals surface area contributed by atoms with E-state index in [1.165, 1.54) is 21.3 Å². The second-order valence-corrected chi connectivity index (χ2v) is 8.12. The van der Waals surface area contributed by atoms with Gasteiger partial charge in [-0.15, -0.1) is 11.3 Å². The second-order valence-electron chi connectivity index (χ2n) is 7.14. The Morgan fingerprint density at radius 1 is 1.27 bits per heavy atom. The minimum atomic E-state index is 0.0891. The standard InChI is InChI=1S/C21H25N3OS/c1-15(20-7-4-12-26-20)23-21(25)14-24-10-8-16(9-11-24)18-13-22-19-6-3-2-5-17(18)19/h2-7,12-13,15-16,22H,8-11,14H2,1H3,(H,23,25). The molecule has 1 unspecified atom stereocenters. The fourth-order valence-electron chi connectivity index (χ4n) is 3.93. The monoisotopic (exact) mass is 367 g/mol. The molecule has 0 spiro atoms. The van der Waals surface area contributed by atoms with Crippen LogP contribution in [0.1, 0.15) is 42.2 Å². The van der Waals surface area contributed by atoms with Gasteiger partial charge in [-0.1, -0.05) is 24.3 Å². The van der Waals surface area contributed by atoms with E-state index in [2.05, 4.69) is 51.7 Å². The fraction of sp³-hybridized carbons (Fsp3) is 0.381. The van der Waals surface area contributed by atoms with Gasteiger partial charge in [0.05, 0.1) is 12.6 Å². The predicted octanol–water partition coefficient (Wildman–Crippen LogP) is 4.29. The van der Waals surface area contributed by atoms with Crippen molar-refractivity contribution < 1.29 is 4.79 Å². The molecule has 3 heterocycles. The lowest BCUT2D eigenvalue weighted by Crippen LogP contribution is -2.41. The van der Waals surface area contributed by atoms with Crippen molar-refractivity contribution in [3.8, 4) is 0 Å². The molecule has 5 heteroatoms. The summed E-state index contributed by atoms with van der Waals surface area (Å²) in [5.41, 5.74) is 2.64. The van der Waals surface area contributed by atoms with Gasteiger partial charge in [0.2, 0.25) is 5.91 Å². The highest BCUT2D eigenvalue weighted by molar-refractivity contribution is 7.10. The van der Waals surface area contributed by atoms with Gasteiger partial charge in [-0.05, 0) is 61.8 Å². The van der Waals surface area contributed by atoms with Crippen LogP contribution in [0.4, 0.5) is 0 Å². The third-order valence-electron chi connectivity index (χ3n) is 5.36. The van der Waals surface area contributed by atoms with E-state index in [4.69, 9.17) is 0 Å². The molecule has 0 aliphatic carbocycles. The molecular weight excluding hydrogens is 342 g/mol. The molecule has 2 aromatic heterocycles. The van der Waals surface area contributed by atoms with E-state index in [0.717, 1.165) is 25.9 Å². The van der Waals surface area contributed by atoms with Gasteiger partial charge in [0.25, 0.3) is 0 Å². The van der Waals surface area contributed by atoms with Crippen molar-refractivity contribution in [3.63, 3.8) is 0 Å². The first-order valence-corrected chi connectivity index (χ1v) is 10.2. The van der Waals surface area contributed by atoms with E-state index in [0.29, 0.717) is 12.5 Å². The number of H-pyrrole nitrogens is 1. The Hall–Kier alpha value is -2.11. The van der Waals surface area contributed by atoms with Crippen molar-refractivity contribution >= 4 is 28.1 Å². The molecule has 0 bridgehead atoms. The third-order valence-corrected chi connectivity index (χ3v) is 6.42. The van der Waals surface area contributed by atoms with Crippen molar-refractivity contribution in [1.82, 2.24) is 15.2 Å². The molecule has 1 aliphatic rings. The number of hydrogen-bond acceptors (Lipinski definition) is 3. The smallest absolute Gasteiger partial charge is 0.234 e. The van der Waals surface area contributed by atoms with Crippen molar-refractivity contribution in [1.29, 1.82) is 0 Å². The lowest BCUT2D eigenvalue weighted by molar-refractivity contribution is -0.123.